The minimum atomic E-state index is -7.09. The second kappa shape index (κ2) is 6.71. The van der Waals surface area contributed by atoms with Gasteiger partial charge in [-0.25, -0.2) is 0 Å². The van der Waals surface area contributed by atoms with Gasteiger partial charge in [-0.05, 0) is 0 Å². The Balaban J connectivity index is 4.52. The van der Waals surface area contributed by atoms with Gasteiger partial charge < -0.3 is 0 Å². The van der Waals surface area contributed by atoms with Crippen LogP contribution in [0.25, 0.3) is 0 Å². The molecule has 0 fully saturated rings. The first-order valence-corrected chi connectivity index (χ1v) is 7.24. The van der Waals surface area contributed by atoms with Crippen molar-refractivity contribution in [3.8, 4) is 12.3 Å². The van der Waals surface area contributed by atoms with Gasteiger partial charge in [0.2, 0.25) is 0 Å². The average molecular weight is 300 g/mol. The Bertz CT molecular complexity index is 336. The van der Waals surface area contributed by atoms with E-state index in [0.717, 1.165) is 0 Å². The molecule has 0 amide bonds. The molecule has 1 unspecified atom stereocenters. The molecule has 0 saturated heterocycles. The summed E-state index contributed by atoms with van der Waals surface area (Å²) in [5.74, 6) is 2.30. The molecule has 2 N–H and O–H groups in total. The Morgan fingerprint density at radius 2 is 2.00 bits per heavy atom. The molecular formula is C11H19F2O5P. The molecule has 0 bridgehead atoms. The molecule has 0 rings (SSSR count). The van der Waals surface area contributed by atoms with Gasteiger partial charge in [-0.15, -0.1) is 0 Å². The van der Waals surface area contributed by atoms with Crippen molar-refractivity contribution in [2.24, 2.45) is 0 Å². The van der Waals surface area contributed by atoms with Gasteiger partial charge in [-0.3, -0.25) is 0 Å². The van der Waals surface area contributed by atoms with Crippen LogP contribution in [0.3, 0.4) is 0 Å². The normalized spacial score (nSPS) is 16.2. The fraction of sp³-hybridized carbons (Fsp3) is 0.636. The predicted octanol–water partition coefficient (Wildman–Crippen LogP) is 2.05. The molecule has 0 heterocycles. The van der Waals surface area contributed by atoms with E-state index in [1.165, 1.54) is 6.08 Å². The standard InChI is InChI=1S/C11H19F2O5P/c1-5-7-16-8-10(18-19(12,13,14)15)9-17-11(3,4)6-2/h2,5,10,14-15H,1,7-9H2,3-4H3. The molecule has 0 aromatic carbocycles. The van der Waals surface area contributed by atoms with Crippen LogP contribution in [-0.2, 0) is 14.0 Å². The molecule has 0 radical (unpaired) electrons. The van der Waals surface area contributed by atoms with Crippen LogP contribution in [0.15, 0.2) is 12.7 Å². The van der Waals surface area contributed by atoms with Crippen LogP contribution in [0.2, 0.25) is 0 Å². The fourth-order valence-corrected chi connectivity index (χ4v) is 1.59. The van der Waals surface area contributed by atoms with Crippen LogP contribution in [0.5, 0.6) is 0 Å². The van der Waals surface area contributed by atoms with E-state index in [1.807, 2.05) is 0 Å². The van der Waals surface area contributed by atoms with Crippen molar-refractivity contribution in [1.29, 1.82) is 0 Å². The Morgan fingerprint density at radius 1 is 1.42 bits per heavy atom. The molecule has 5 nitrogen and oxygen atoms in total. The summed E-state index contributed by atoms with van der Waals surface area (Å²) in [6.45, 7) is 5.89. The molecular weight excluding hydrogens is 281 g/mol. The monoisotopic (exact) mass is 300 g/mol. The third-order valence-corrected chi connectivity index (χ3v) is 2.49. The first-order chi connectivity index (χ1) is 8.45. The SMILES string of the molecule is C#CC(C)(C)OCC(COCC=C)OP(O)(O)(F)F. The van der Waals surface area contributed by atoms with Crippen LogP contribution in [-0.4, -0.2) is 41.3 Å². The van der Waals surface area contributed by atoms with Crippen molar-refractivity contribution in [2.45, 2.75) is 25.6 Å². The number of hydrogen-bond acceptors (Lipinski definition) is 5. The number of halogens is 2. The van der Waals surface area contributed by atoms with Crippen LogP contribution >= 0.6 is 7.91 Å². The van der Waals surface area contributed by atoms with Gasteiger partial charge in [0.15, 0.2) is 0 Å². The van der Waals surface area contributed by atoms with Gasteiger partial charge in [-0.2, -0.15) is 0 Å². The zero-order chi connectivity index (χ0) is 15.2. The van der Waals surface area contributed by atoms with Crippen molar-refractivity contribution in [3.63, 3.8) is 0 Å². The molecule has 8 heteroatoms. The summed E-state index contributed by atoms with van der Waals surface area (Å²) in [7, 11) is -7.09. The Kier molecular flexibility index (Phi) is 6.49. The van der Waals surface area contributed by atoms with E-state index in [0.29, 0.717) is 0 Å². The van der Waals surface area contributed by atoms with Gasteiger partial charge in [0.05, 0.1) is 0 Å². The van der Waals surface area contributed by atoms with Gasteiger partial charge in [0, 0.05) is 0 Å². The fourth-order valence-electron chi connectivity index (χ4n) is 0.981. The third-order valence-electron chi connectivity index (χ3n) is 1.84. The Morgan fingerprint density at radius 3 is 2.42 bits per heavy atom. The van der Waals surface area contributed by atoms with E-state index in [2.05, 4.69) is 17.0 Å². The second-order valence-electron chi connectivity index (χ2n) is 4.28. The molecule has 112 valence electrons. The predicted molar refractivity (Wildman–Crippen MR) is 68.3 cm³/mol. The maximum atomic E-state index is 12.7. The van der Waals surface area contributed by atoms with E-state index in [9.17, 15) is 8.39 Å². The average Bonchev–Trinajstić information content (AvgIpc) is 2.23. The molecule has 0 aliphatic rings. The van der Waals surface area contributed by atoms with Gasteiger partial charge in [0.1, 0.15) is 0 Å². The number of rotatable bonds is 9. The number of hydrogen-bond donors (Lipinski definition) is 2. The van der Waals surface area contributed by atoms with Crippen molar-refractivity contribution in [1.82, 2.24) is 0 Å². The molecule has 1 atom stereocenters. The summed E-state index contributed by atoms with van der Waals surface area (Å²) in [4.78, 5) is 16.9. The Hall–Kier alpha value is -0.610. The van der Waals surface area contributed by atoms with Gasteiger partial charge in [0.25, 0.3) is 0 Å². The van der Waals surface area contributed by atoms with E-state index < -0.39 is 19.6 Å². The molecule has 0 saturated carbocycles. The van der Waals surface area contributed by atoms with Crippen LogP contribution in [0.1, 0.15) is 13.8 Å². The molecule has 0 aliphatic heterocycles. The summed E-state index contributed by atoms with van der Waals surface area (Å²) in [6, 6.07) is 0. The van der Waals surface area contributed by atoms with Gasteiger partial charge >= 0.3 is 110 Å². The zero-order valence-corrected chi connectivity index (χ0v) is 11.8. The summed E-state index contributed by atoms with van der Waals surface area (Å²) < 4.78 is 39.5. The minimum absolute atomic E-state index is 0.101. The molecule has 0 aromatic rings. The van der Waals surface area contributed by atoms with Crippen molar-refractivity contribution in [2.75, 3.05) is 19.8 Å². The second-order valence-corrected chi connectivity index (χ2v) is 6.00. The maximum absolute atomic E-state index is 12.7. The zero-order valence-electron chi connectivity index (χ0n) is 10.9. The van der Waals surface area contributed by atoms with Crippen molar-refractivity contribution in [3.05, 3.63) is 12.7 Å². The van der Waals surface area contributed by atoms with E-state index in [1.54, 1.807) is 13.8 Å². The number of terminal acetylenes is 1. The summed E-state index contributed by atoms with van der Waals surface area (Å²) in [5.41, 5.74) is -0.992. The molecule has 0 spiro atoms. The number of ether oxygens (including phenoxy) is 2. The van der Waals surface area contributed by atoms with Crippen LogP contribution in [0.4, 0.5) is 8.39 Å². The van der Waals surface area contributed by atoms with Crippen molar-refractivity contribution < 1.29 is 32.2 Å². The third kappa shape index (κ3) is 11.0. The van der Waals surface area contributed by atoms with E-state index in [4.69, 9.17) is 25.7 Å². The first kappa shape index (κ1) is 18.4. The molecule has 19 heavy (non-hydrogen) atoms. The Labute approximate surface area is 111 Å². The van der Waals surface area contributed by atoms with Crippen LogP contribution in [0, 0.1) is 12.3 Å². The molecule has 0 aliphatic carbocycles. The summed E-state index contributed by atoms with van der Waals surface area (Å²) >= 11 is 0. The van der Waals surface area contributed by atoms with Crippen LogP contribution < -0.4 is 0 Å². The quantitative estimate of drug-likeness (QED) is 0.295. The van der Waals surface area contributed by atoms with Crippen molar-refractivity contribution >= 4 is 7.91 Å². The van der Waals surface area contributed by atoms with E-state index >= 15 is 0 Å². The molecule has 0 aromatic heterocycles. The topological polar surface area (TPSA) is 68.2 Å². The first-order valence-electron chi connectivity index (χ1n) is 5.40. The van der Waals surface area contributed by atoms with Gasteiger partial charge in [-0.1, -0.05) is 0 Å². The summed E-state index contributed by atoms with van der Waals surface area (Å²) in [5, 5.41) is 0. The van der Waals surface area contributed by atoms with E-state index in [-0.39, 0.29) is 19.8 Å². The summed E-state index contributed by atoms with van der Waals surface area (Å²) in [6.07, 6.45) is 5.21.